The summed E-state index contributed by atoms with van der Waals surface area (Å²) in [6.07, 6.45) is 5.44. The standard InChI is InChI=1S/C7H13Br/c1-4-5-6-7(2,3)8/h5-6H,4H2,1-3H3/b6-5-. The molecular formula is C7H13Br. The Morgan fingerprint density at radius 2 is 2.00 bits per heavy atom. The lowest BCUT2D eigenvalue weighted by molar-refractivity contribution is 0.913. The van der Waals surface area contributed by atoms with Crippen LogP contribution in [0.25, 0.3) is 0 Å². The van der Waals surface area contributed by atoms with Crippen LogP contribution in [0.4, 0.5) is 0 Å². The van der Waals surface area contributed by atoms with Crippen molar-refractivity contribution in [2.75, 3.05) is 0 Å². The van der Waals surface area contributed by atoms with Crippen molar-refractivity contribution >= 4 is 15.9 Å². The van der Waals surface area contributed by atoms with Gasteiger partial charge in [0, 0.05) is 4.32 Å². The van der Waals surface area contributed by atoms with Crippen molar-refractivity contribution in [2.45, 2.75) is 31.5 Å². The van der Waals surface area contributed by atoms with Crippen LogP contribution in [-0.2, 0) is 0 Å². The van der Waals surface area contributed by atoms with Crippen LogP contribution in [0.2, 0.25) is 0 Å². The molecule has 0 atom stereocenters. The van der Waals surface area contributed by atoms with Crippen LogP contribution in [0, 0.1) is 0 Å². The zero-order valence-corrected chi connectivity index (χ0v) is 7.33. The van der Waals surface area contributed by atoms with Gasteiger partial charge < -0.3 is 0 Å². The molecule has 0 spiro atoms. The molecule has 0 heterocycles. The van der Waals surface area contributed by atoms with Gasteiger partial charge >= 0.3 is 0 Å². The first-order valence-electron chi connectivity index (χ1n) is 2.93. The molecular weight excluding hydrogens is 164 g/mol. The lowest BCUT2D eigenvalue weighted by Crippen LogP contribution is -2.02. The molecule has 0 N–H and O–H groups in total. The van der Waals surface area contributed by atoms with E-state index < -0.39 is 0 Å². The fourth-order valence-corrected chi connectivity index (χ4v) is 0.585. The quantitative estimate of drug-likeness (QED) is 0.449. The Bertz CT molecular complexity index is 76.9. The second-order valence-electron chi connectivity index (χ2n) is 2.38. The summed E-state index contributed by atoms with van der Waals surface area (Å²) < 4.78 is 0.184. The molecule has 0 aliphatic heterocycles. The van der Waals surface area contributed by atoms with E-state index in [0.29, 0.717) is 0 Å². The Hall–Kier alpha value is 0.220. The lowest BCUT2D eigenvalue weighted by Gasteiger charge is -2.07. The minimum absolute atomic E-state index is 0.184. The molecule has 0 rings (SSSR count). The third kappa shape index (κ3) is 6.22. The van der Waals surface area contributed by atoms with E-state index in [1.54, 1.807) is 0 Å². The largest absolute Gasteiger partial charge is 0.0874 e. The van der Waals surface area contributed by atoms with Crippen molar-refractivity contribution in [3.63, 3.8) is 0 Å². The van der Waals surface area contributed by atoms with E-state index in [4.69, 9.17) is 0 Å². The number of alkyl halides is 1. The summed E-state index contributed by atoms with van der Waals surface area (Å²) in [6, 6.07) is 0. The minimum Gasteiger partial charge on any atom is -0.0874 e. The van der Waals surface area contributed by atoms with Crippen LogP contribution < -0.4 is 0 Å². The zero-order chi connectivity index (χ0) is 6.62. The van der Waals surface area contributed by atoms with Gasteiger partial charge in [0.1, 0.15) is 0 Å². The predicted octanol–water partition coefficient (Wildman–Crippen LogP) is 3.13. The van der Waals surface area contributed by atoms with Crippen molar-refractivity contribution in [1.82, 2.24) is 0 Å². The van der Waals surface area contributed by atoms with Gasteiger partial charge in [-0.1, -0.05) is 35.0 Å². The van der Waals surface area contributed by atoms with Crippen molar-refractivity contribution in [1.29, 1.82) is 0 Å². The van der Waals surface area contributed by atoms with Gasteiger partial charge in [0.05, 0.1) is 0 Å². The highest BCUT2D eigenvalue weighted by Crippen LogP contribution is 2.16. The van der Waals surface area contributed by atoms with Gasteiger partial charge in [-0.05, 0) is 20.3 Å². The third-order valence-electron chi connectivity index (χ3n) is 0.750. The first-order valence-corrected chi connectivity index (χ1v) is 3.72. The summed E-state index contributed by atoms with van der Waals surface area (Å²) in [4.78, 5) is 0. The highest BCUT2D eigenvalue weighted by Gasteiger charge is 2.04. The summed E-state index contributed by atoms with van der Waals surface area (Å²) in [5, 5.41) is 0. The molecule has 0 bridgehead atoms. The number of halogens is 1. The van der Waals surface area contributed by atoms with Crippen molar-refractivity contribution in [3.8, 4) is 0 Å². The second kappa shape index (κ2) is 3.29. The van der Waals surface area contributed by atoms with Gasteiger partial charge in [-0.15, -0.1) is 0 Å². The van der Waals surface area contributed by atoms with E-state index in [2.05, 4.69) is 48.9 Å². The van der Waals surface area contributed by atoms with Crippen LogP contribution in [0.15, 0.2) is 12.2 Å². The number of allylic oxidation sites excluding steroid dienone is 2. The van der Waals surface area contributed by atoms with Crippen LogP contribution in [0.5, 0.6) is 0 Å². The summed E-state index contributed by atoms with van der Waals surface area (Å²) in [7, 11) is 0. The first-order chi connectivity index (χ1) is 3.56. The average Bonchev–Trinajstić information content (AvgIpc) is 1.59. The molecule has 0 aromatic heterocycles. The molecule has 0 fully saturated rings. The molecule has 0 nitrogen and oxygen atoms in total. The Morgan fingerprint density at radius 3 is 2.12 bits per heavy atom. The number of hydrogen-bond donors (Lipinski definition) is 0. The Kier molecular flexibility index (Phi) is 3.38. The fourth-order valence-electron chi connectivity index (χ4n) is 0.398. The molecule has 0 unspecified atom stereocenters. The molecule has 0 aliphatic carbocycles. The monoisotopic (exact) mass is 176 g/mol. The minimum atomic E-state index is 0.184. The summed E-state index contributed by atoms with van der Waals surface area (Å²) in [5.74, 6) is 0. The average molecular weight is 177 g/mol. The summed E-state index contributed by atoms with van der Waals surface area (Å²) >= 11 is 3.49. The van der Waals surface area contributed by atoms with Gasteiger partial charge in [-0.25, -0.2) is 0 Å². The van der Waals surface area contributed by atoms with E-state index >= 15 is 0 Å². The maximum absolute atomic E-state index is 3.49. The van der Waals surface area contributed by atoms with Gasteiger partial charge in [-0.3, -0.25) is 0 Å². The van der Waals surface area contributed by atoms with Crippen LogP contribution >= 0.6 is 15.9 Å². The van der Waals surface area contributed by atoms with Crippen LogP contribution in [-0.4, -0.2) is 4.32 Å². The summed E-state index contributed by atoms with van der Waals surface area (Å²) in [6.45, 7) is 6.38. The van der Waals surface area contributed by atoms with Crippen LogP contribution in [0.1, 0.15) is 27.2 Å². The van der Waals surface area contributed by atoms with Crippen molar-refractivity contribution in [2.24, 2.45) is 0 Å². The highest BCUT2D eigenvalue weighted by atomic mass is 79.9. The predicted molar refractivity (Wildman–Crippen MR) is 42.4 cm³/mol. The SMILES string of the molecule is CC/C=C\C(C)(C)Br. The molecule has 0 aliphatic rings. The van der Waals surface area contributed by atoms with E-state index in [0.717, 1.165) is 6.42 Å². The molecule has 0 amide bonds. The molecule has 1 heteroatoms. The van der Waals surface area contributed by atoms with Gasteiger partial charge in [0.2, 0.25) is 0 Å². The Labute approximate surface area is 60.1 Å². The van der Waals surface area contributed by atoms with Crippen LogP contribution in [0.3, 0.4) is 0 Å². The van der Waals surface area contributed by atoms with Crippen molar-refractivity contribution < 1.29 is 0 Å². The number of rotatable bonds is 2. The zero-order valence-electron chi connectivity index (χ0n) is 5.74. The fraction of sp³-hybridized carbons (Fsp3) is 0.714. The molecule has 48 valence electrons. The molecule has 8 heavy (non-hydrogen) atoms. The smallest absolute Gasteiger partial charge is 0.0380 e. The molecule has 0 aromatic carbocycles. The molecule has 0 aromatic rings. The van der Waals surface area contributed by atoms with Gasteiger partial charge in [0.15, 0.2) is 0 Å². The van der Waals surface area contributed by atoms with E-state index in [1.807, 2.05) is 0 Å². The summed E-state index contributed by atoms with van der Waals surface area (Å²) in [5.41, 5.74) is 0. The van der Waals surface area contributed by atoms with Gasteiger partial charge in [0.25, 0.3) is 0 Å². The third-order valence-corrected chi connectivity index (χ3v) is 1.01. The lowest BCUT2D eigenvalue weighted by atomic mass is 10.2. The van der Waals surface area contributed by atoms with E-state index in [9.17, 15) is 0 Å². The number of hydrogen-bond acceptors (Lipinski definition) is 0. The first kappa shape index (κ1) is 8.22. The van der Waals surface area contributed by atoms with Crippen molar-refractivity contribution in [3.05, 3.63) is 12.2 Å². The molecule has 0 saturated heterocycles. The highest BCUT2D eigenvalue weighted by molar-refractivity contribution is 9.10. The Balaban J connectivity index is 3.52. The second-order valence-corrected chi connectivity index (χ2v) is 4.42. The molecule has 0 radical (unpaired) electrons. The maximum atomic E-state index is 3.49. The Morgan fingerprint density at radius 1 is 1.50 bits per heavy atom. The molecule has 0 saturated carbocycles. The normalized spacial score (nSPS) is 13.0. The van der Waals surface area contributed by atoms with E-state index in [1.165, 1.54) is 0 Å². The van der Waals surface area contributed by atoms with Gasteiger partial charge in [-0.2, -0.15) is 0 Å². The maximum Gasteiger partial charge on any atom is 0.0380 e. The topological polar surface area (TPSA) is 0 Å². The van der Waals surface area contributed by atoms with E-state index in [-0.39, 0.29) is 4.32 Å².